The zero-order chi connectivity index (χ0) is 14.4. The lowest BCUT2D eigenvalue weighted by Gasteiger charge is -2.13. The van der Waals surface area contributed by atoms with Crippen molar-refractivity contribution in [3.63, 3.8) is 0 Å². The van der Waals surface area contributed by atoms with Crippen molar-refractivity contribution in [2.24, 2.45) is 0 Å². The first-order valence-corrected chi connectivity index (χ1v) is 7.14. The van der Waals surface area contributed by atoms with Gasteiger partial charge in [0.15, 0.2) is 0 Å². The summed E-state index contributed by atoms with van der Waals surface area (Å²) in [5.74, 6) is -0.299. The second-order valence-electron chi connectivity index (χ2n) is 5.34. The molecule has 1 aromatic heterocycles. The lowest BCUT2D eigenvalue weighted by atomic mass is 10.00. The molecular weight excluding hydrogens is 266 g/mol. The Hall–Kier alpha value is -2.56. The lowest BCUT2D eigenvalue weighted by Crippen LogP contribution is -2.50. The summed E-state index contributed by atoms with van der Waals surface area (Å²) in [6.07, 6.45) is 5.34. The molecule has 0 bridgehead atoms. The molecule has 0 fully saturated rings. The number of benzene rings is 1. The standard InChI is InChI=1S/C16H14N3O2/c20-15-14-10-17-12-8-4-5-9-13(12)19(14)16(21)18(15)11-6-2-1-3-7-11/h1-3,6-7,10H,4-5,8-9H2/q+1. The highest BCUT2D eigenvalue weighted by atomic mass is 16.2. The van der Waals surface area contributed by atoms with Crippen LogP contribution in [-0.4, -0.2) is 16.9 Å². The zero-order valence-corrected chi connectivity index (χ0v) is 11.5. The quantitative estimate of drug-likeness (QED) is 0.749. The van der Waals surface area contributed by atoms with Gasteiger partial charge in [0, 0.05) is 6.42 Å². The summed E-state index contributed by atoms with van der Waals surface area (Å²) < 4.78 is 1.55. The number of fused-ring (bicyclic) bond motifs is 3. The molecule has 1 aromatic carbocycles. The van der Waals surface area contributed by atoms with Gasteiger partial charge in [-0.05, 0) is 31.4 Å². The van der Waals surface area contributed by atoms with Gasteiger partial charge in [-0.1, -0.05) is 18.2 Å². The molecule has 1 aliphatic carbocycles. The molecule has 1 aliphatic heterocycles. The van der Waals surface area contributed by atoms with Crippen LogP contribution in [0.15, 0.2) is 36.5 Å². The Morgan fingerprint density at radius 3 is 2.62 bits per heavy atom. The molecule has 0 saturated carbocycles. The number of carbonyl (C=O) groups excluding carboxylic acids is 2. The van der Waals surface area contributed by atoms with Crippen molar-refractivity contribution in [3.8, 4) is 0 Å². The number of imide groups is 1. The molecule has 5 nitrogen and oxygen atoms in total. The van der Waals surface area contributed by atoms with Crippen LogP contribution < -0.4 is 9.47 Å². The van der Waals surface area contributed by atoms with Crippen LogP contribution in [-0.2, 0) is 12.8 Å². The number of carbonyl (C=O) groups is 2. The van der Waals surface area contributed by atoms with Gasteiger partial charge in [-0.15, -0.1) is 9.47 Å². The molecule has 4 rings (SSSR count). The number of nitrogens with zero attached hydrogens (tertiary/aromatic N) is 3. The van der Waals surface area contributed by atoms with Crippen molar-refractivity contribution in [1.29, 1.82) is 0 Å². The lowest BCUT2D eigenvalue weighted by molar-refractivity contribution is -0.576. The van der Waals surface area contributed by atoms with E-state index in [2.05, 4.69) is 4.98 Å². The van der Waals surface area contributed by atoms with E-state index in [1.807, 2.05) is 18.2 Å². The molecule has 0 spiro atoms. The molecule has 2 aromatic rings. The fourth-order valence-electron chi connectivity index (χ4n) is 3.07. The van der Waals surface area contributed by atoms with Gasteiger partial charge in [-0.25, -0.2) is 4.79 Å². The number of amides is 2. The monoisotopic (exact) mass is 280 g/mol. The highest BCUT2D eigenvalue weighted by Gasteiger charge is 2.49. The molecule has 21 heavy (non-hydrogen) atoms. The predicted octanol–water partition coefficient (Wildman–Crippen LogP) is 1.88. The highest BCUT2D eigenvalue weighted by Crippen LogP contribution is 2.23. The van der Waals surface area contributed by atoms with Crippen LogP contribution in [0.4, 0.5) is 10.5 Å². The molecule has 104 valence electrons. The van der Waals surface area contributed by atoms with Crippen LogP contribution in [0.2, 0.25) is 0 Å². The minimum absolute atomic E-state index is 0.290. The number of rotatable bonds is 1. The van der Waals surface area contributed by atoms with Crippen LogP contribution >= 0.6 is 0 Å². The summed E-state index contributed by atoms with van der Waals surface area (Å²) in [5, 5.41) is 0. The molecule has 0 radical (unpaired) electrons. The predicted molar refractivity (Wildman–Crippen MR) is 75.1 cm³/mol. The number of anilines is 1. The summed E-state index contributed by atoms with van der Waals surface area (Å²) in [6, 6.07) is 8.73. The van der Waals surface area contributed by atoms with Crippen molar-refractivity contribution in [2.75, 3.05) is 4.90 Å². The number of hydrogen-bond donors (Lipinski definition) is 0. The first-order chi connectivity index (χ1) is 10.3. The third kappa shape index (κ3) is 1.70. The van der Waals surface area contributed by atoms with E-state index in [0.29, 0.717) is 11.4 Å². The Morgan fingerprint density at radius 2 is 1.81 bits per heavy atom. The SMILES string of the molecule is O=C1c2cnc3c([n+]2C(=O)N1c1ccccc1)CCCC3. The highest BCUT2D eigenvalue weighted by molar-refractivity contribution is 6.20. The molecule has 2 amide bonds. The number of aromatic nitrogens is 2. The van der Waals surface area contributed by atoms with Crippen LogP contribution in [0.25, 0.3) is 0 Å². The minimum Gasteiger partial charge on any atom is -0.252 e. The van der Waals surface area contributed by atoms with E-state index in [1.165, 1.54) is 11.1 Å². The third-order valence-corrected chi connectivity index (χ3v) is 4.08. The van der Waals surface area contributed by atoms with E-state index in [1.54, 1.807) is 16.7 Å². The first kappa shape index (κ1) is 12.2. The fourth-order valence-corrected chi connectivity index (χ4v) is 3.07. The summed E-state index contributed by atoms with van der Waals surface area (Å²) in [6.45, 7) is 0. The van der Waals surface area contributed by atoms with Crippen LogP contribution in [0.1, 0.15) is 34.7 Å². The van der Waals surface area contributed by atoms with Gasteiger partial charge >= 0.3 is 11.9 Å². The average Bonchev–Trinajstić information content (AvgIpc) is 2.80. The Balaban J connectivity index is 1.87. The second kappa shape index (κ2) is 4.48. The molecule has 0 unspecified atom stereocenters. The van der Waals surface area contributed by atoms with Gasteiger partial charge in [0.1, 0.15) is 11.4 Å². The van der Waals surface area contributed by atoms with E-state index in [9.17, 15) is 9.59 Å². The molecule has 2 aliphatic rings. The van der Waals surface area contributed by atoms with E-state index in [0.717, 1.165) is 37.1 Å². The van der Waals surface area contributed by atoms with Gasteiger partial charge in [0.05, 0.1) is 11.9 Å². The van der Waals surface area contributed by atoms with Gasteiger partial charge in [0.2, 0.25) is 5.69 Å². The number of para-hydroxylation sites is 1. The Labute approximate surface area is 121 Å². The third-order valence-electron chi connectivity index (χ3n) is 4.08. The van der Waals surface area contributed by atoms with Crippen LogP contribution in [0.5, 0.6) is 0 Å². The van der Waals surface area contributed by atoms with Gasteiger partial charge in [-0.3, -0.25) is 4.98 Å². The topological polar surface area (TPSA) is 54.2 Å². The minimum atomic E-state index is -0.299. The normalized spacial score (nSPS) is 16.9. The Bertz CT molecular complexity index is 756. The van der Waals surface area contributed by atoms with Crippen molar-refractivity contribution >= 4 is 17.6 Å². The molecule has 5 heteroatoms. The van der Waals surface area contributed by atoms with Crippen molar-refractivity contribution < 1.29 is 14.2 Å². The van der Waals surface area contributed by atoms with Crippen molar-refractivity contribution in [2.45, 2.75) is 25.7 Å². The molecule has 0 N–H and O–H groups in total. The van der Waals surface area contributed by atoms with Crippen molar-refractivity contribution in [3.05, 3.63) is 53.6 Å². The Kier molecular flexibility index (Phi) is 2.60. The van der Waals surface area contributed by atoms with Gasteiger partial charge in [-0.2, -0.15) is 4.79 Å². The summed E-state index contributed by atoms with van der Waals surface area (Å²) in [4.78, 5) is 30.9. The smallest absolute Gasteiger partial charge is 0.252 e. The maximum absolute atomic E-state index is 12.7. The summed E-state index contributed by atoms with van der Waals surface area (Å²) >= 11 is 0. The van der Waals surface area contributed by atoms with E-state index in [4.69, 9.17) is 0 Å². The fraction of sp³-hybridized carbons (Fsp3) is 0.250. The number of aryl methyl sites for hydroxylation is 1. The Morgan fingerprint density at radius 1 is 1.05 bits per heavy atom. The number of hydrogen-bond acceptors (Lipinski definition) is 3. The van der Waals surface area contributed by atoms with Crippen LogP contribution in [0, 0.1) is 0 Å². The molecule has 0 atom stereocenters. The summed E-state index contributed by atoms with van der Waals surface area (Å²) in [7, 11) is 0. The van der Waals surface area contributed by atoms with Crippen LogP contribution in [0.3, 0.4) is 0 Å². The van der Waals surface area contributed by atoms with Crippen molar-refractivity contribution in [1.82, 2.24) is 4.98 Å². The molecule has 2 heterocycles. The van der Waals surface area contributed by atoms with E-state index < -0.39 is 0 Å². The molecule has 0 saturated heterocycles. The second-order valence-corrected chi connectivity index (χ2v) is 5.34. The van der Waals surface area contributed by atoms with Gasteiger partial charge < -0.3 is 0 Å². The maximum atomic E-state index is 12.7. The van der Waals surface area contributed by atoms with Gasteiger partial charge in [0.25, 0.3) is 0 Å². The summed E-state index contributed by atoms with van der Waals surface area (Å²) in [5.41, 5.74) is 2.81. The zero-order valence-electron chi connectivity index (χ0n) is 11.5. The maximum Gasteiger partial charge on any atom is 0.512 e. The molecular formula is C16H14N3O2+. The van der Waals surface area contributed by atoms with E-state index >= 15 is 0 Å². The largest absolute Gasteiger partial charge is 0.512 e. The van der Waals surface area contributed by atoms with E-state index in [-0.39, 0.29) is 11.9 Å². The average molecular weight is 280 g/mol. The first-order valence-electron chi connectivity index (χ1n) is 7.14.